The van der Waals surface area contributed by atoms with Crippen molar-refractivity contribution >= 4 is 61.4 Å². The Kier molecular flexibility index (Phi) is 10.1. The topological polar surface area (TPSA) is 164 Å². The molecule has 0 spiro atoms. The number of benzene rings is 1. The molecule has 4 saturated carbocycles. The summed E-state index contributed by atoms with van der Waals surface area (Å²) in [6, 6.07) is 11.7. The fourth-order valence-corrected chi connectivity index (χ4v) is 12.9. The number of anilines is 4. The molecular formula is C44H55N9O4S. The van der Waals surface area contributed by atoms with Crippen molar-refractivity contribution in [3.05, 3.63) is 65.0 Å². The zero-order chi connectivity index (χ0) is 40.3. The number of aromatic nitrogens is 4. The van der Waals surface area contributed by atoms with Gasteiger partial charge in [0.15, 0.2) is 22.5 Å². The minimum absolute atomic E-state index is 0.0144. The second-order valence-electron chi connectivity index (χ2n) is 18.4. The highest BCUT2D eigenvalue weighted by molar-refractivity contribution is 7.22. The van der Waals surface area contributed by atoms with Gasteiger partial charge in [0.2, 0.25) is 0 Å². The van der Waals surface area contributed by atoms with Gasteiger partial charge in [0, 0.05) is 66.9 Å². The highest BCUT2D eigenvalue weighted by Crippen LogP contribution is 2.71. The molecule has 5 heterocycles. The number of ether oxygens (including phenoxy) is 2. The number of nitrogens with two attached hydrogens (primary N) is 1. The molecule has 4 N–H and O–H groups in total. The van der Waals surface area contributed by atoms with Gasteiger partial charge in [0.25, 0.3) is 0 Å². The number of pyridine rings is 1. The summed E-state index contributed by atoms with van der Waals surface area (Å²) in [6.07, 6.45) is 9.83. The number of hydrogen-bond donors (Lipinski definition) is 3. The van der Waals surface area contributed by atoms with Crippen LogP contribution < -0.4 is 16.0 Å². The number of aromatic carboxylic acids is 1. The number of hydrogen-bond acceptors (Lipinski definition) is 13. The van der Waals surface area contributed by atoms with Crippen molar-refractivity contribution in [2.75, 3.05) is 62.8 Å². The summed E-state index contributed by atoms with van der Waals surface area (Å²) in [6.45, 7) is 15.4. The molecule has 2 atom stereocenters. The van der Waals surface area contributed by atoms with E-state index in [2.05, 4.69) is 40.3 Å². The molecule has 3 aromatic heterocycles. The number of nitrogens with one attached hydrogen (secondary N) is 1. The summed E-state index contributed by atoms with van der Waals surface area (Å²) < 4.78 is 13.6. The molecule has 13 nitrogen and oxygen atoms in total. The van der Waals surface area contributed by atoms with E-state index in [4.69, 9.17) is 30.2 Å². The Morgan fingerprint density at radius 3 is 2.55 bits per heavy atom. The van der Waals surface area contributed by atoms with E-state index in [9.17, 15) is 9.90 Å². The van der Waals surface area contributed by atoms with Gasteiger partial charge >= 0.3 is 5.97 Å². The summed E-state index contributed by atoms with van der Waals surface area (Å²) in [5, 5.41) is 23.9. The van der Waals surface area contributed by atoms with Crippen LogP contribution >= 0.6 is 11.3 Å². The maximum Gasteiger partial charge on any atom is 0.355 e. The van der Waals surface area contributed by atoms with Crippen LogP contribution in [0.2, 0.25) is 0 Å². The quantitative estimate of drug-likeness (QED) is 0.121. The molecule has 10 rings (SSSR count). The van der Waals surface area contributed by atoms with Crippen molar-refractivity contribution in [2.45, 2.75) is 84.7 Å². The largest absolute Gasteiger partial charge is 0.476 e. The molecule has 306 valence electrons. The van der Waals surface area contributed by atoms with Crippen molar-refractivity contribution in [2.24, 2.45) is 27.0 Å². The van der Waals surface area contributed by atoms with Gasteiger partial charge in [0.05, 0.1) is 35.6 Å². The Labute approximate surface area is 344 Å². The lowest BCUT2D eigenvalue weighted by Gasteiger charge is -2.69. The molecule has 6 aliphatic rings. The zero-order valence-corrected chi connectivity index (χ0v) is 35.0. The van der Waals surface area contributed by atoms with E-state index < -0.39 is 5.97 Å². The predicted octanol–water partition coefficient (Wildman–Crippen LogP) is 7.54. The van der Waals surface area contributed by atoms with Crippen molar-refractivity contribution in [1.82, 2.24) is 25.1 Å². The molecule has 58 heavy (non-hydrogen) atoms. The molecule has 2 unspecified atom stereocenters. The Bertz CT molecular complexity index is 2250. The van der Waals surface area contributed by atoms with E-state index in [0.717, 1.165) is 111 Å². The van der Waals surface area contributed by atoms with Crippen LogP contribution in [0, 0.1) is 23.2 Å². The van der Waals surface area contributed by atoms with E-state index in [1.54, 1.807) is 11.3 Å². The molecule has 14 heteroatoms. The SMILES string of the molecule is CC(=NCC12CC3(C)CC(C)(C1)CC(OCCN1CCOCC1)(C3)C2)/C(=C\N)c1ccc(N2CCCc3c2nnc(Nc2nc4ccccc4s2)c3C)nc1C(=O)O. The monoisotopic (exact) mass is 805 g/mol. The zero-order valence-electron chi connectivity index (χ0n) is 34.1. The summed E-state index contributed by atoms with van der Waals surface area (Å²) in [5.74, 6) is 0.716. The highest BCUT2D eigenvalue weighted by atomic mass is 32.1. The number of fused-ring (bicyclic) bond motifs is 2. The summed E-state index contributed by atoms with van der Waals surface area (Å²) in [5.41, 5.74) is 11.2. The molecule has 4 aliphatic carbocycles. The smallest absolute Gasteiger partial charge is 0.355 e. The third-order valence-electron chi connectivity index (χ3n) is 13.3. The van der Waals surface area contributed by atoms with Crippen molar-refractivity contribution < 1.29 is 19.4 Å². The van der Waals surface area contributed by atoms with E-state index in [-0.39, 0.29) is 27.5 Å². The standard InChI is InChI=1S/C44H55N9O4S/c1-28-30-8-7-13-53(38(30)51-50-37(28)49-40-47-33-9-5-6-10-34(33)58-40)35-12-11-31(36(48-35)39(54)55)32(20-45)29(2)46-27-43-22-41(3)21-42(4,23-43)25-44(24-41,26-43)57-19-16-52-14-17-56-18-15-52/h5-6,9-12,20H,7-8,13-19,21-27,45H2,1-4H3,(H,54,55)(H,47,49,50)/b32-20+,46-29?. The minimum atomic E-state index is -1.13. The predicted molar refractivity (Wildman–Crippen MR) is 229 cm³/mol. The van der Waals surface area contributed by atoms with Gasteiger partial charge in [-0.3, -0.25) is 9.89 Å². The minimum Gasteiger partial charge on any atom is -0.476 e. The van der Waals surface area contributed by atoms with Crippen LogP contribution in [0.25, 0.3) is 15.8 Å². The van der Waals surface area contributed by atoms with Gasteiger partial charge in [-0.1, -0.05) is 37.3 Å². The number of para-hydroxylation sites is 1. The van der Waals surface area contributed by atoms with Gasteiger partial charge < -0.3 is 30.5 Å². The number of morpholine rings is 1. The molecule has 4 bridgehead atoms. The first kappa shape index (κ1) is 39.0. The number of allylic oxidation sites excluding steroid dienone is 1. The lowest BCUT2D eigenvalue weighted by Crippen LogP contribution is -2.64. The maximum atomic E-state index is 12.9. The van der Waals surface area contributed by atoms with Crippen LogP contribution in [0.15, 0.2) is 47.6 Å². The number of thiazole rings is 1. The number of carbonyl (C=O) groups is 1. The van der Waals surface area contributed by atoms with Gasteiger partial charge in [0.1, 0.15) is 5.82 Å². The van der Waals surface area contributed by atoms with Gasteiger partial charge in [-0.2, -0.15) is 0 Å². The molecule has 1 saturated heterocycles. The average Bonchev–Trinajstić information content (AvgIpc) is 3.60. The Morgan fingerprint density at radius 1 is 1.03 bits per heavy atom. The van der Waals surface area contributed by atoms with Crippen LogP contribution in [0.3, 0.4) is 0 Å². The number of carboxylic acid groups (broad SMARTS) is 1. The first-order chi connectivity index (χ1) is 27.9. The van der Waals surface area contributed by atoms with Gasteiger partial charge in [-0.15, -0.1) is 10.2 Å². The Balaban J connectivity index is 0.941. The van der Waals surface area contributed by atoms with Crippen LogP contribution in [-0.4, -0.2) is 100.0 Å². The summed E-state index contributed by atoms with van der Waals surface area (Å²) in [4.78, 5) is 32.0. The molecular weight excluding hydrogens is 751 g/mol. The Hall–Kier alpha value is -4.50. The summed E-state index contributed by atoms with van der Waals surface area (Å²) in [7, 11) is 0. The fourth-order valence-electron chi connectivity index (χ4n) is 12.1. The third kappa shape index (κ3) is 7.37. The van der Waals surface area contributed by atoms with Gasteiger partial charge in [-0.25, -0.2) is 14.8 Å². The number of rotatable bonds is 12. The van der Waals surface area contributed by atoms with Crippen molar-refractivity contribution in [1.29, 1.82) is 0 Å². The average molecular weight is 806 g/mol. The molecule has 2 aliphatic heterocycles. The van der Waals surface area contributed by atoms with Crippen LogP contribution in [0.1, 0.15) is 92.9 Å². The molecule has 0 radical (unpaired) electrons. The number of nitrogens with zero attached hydrogens (tertiary/aromatic N) is 7. The van der Waals surface area contributed by atoms with Crippen molar-refractivity contribution in [3.63, 3.8) is 0 Å². The number of aliphatic imine (C=N–C) groups is 1. The normalized spacial score (nSPS) is 28.6. The van der Waals surface area contributed by atoms with E-state index in [0.29, 0.717) is 47.4 Å². The molecule has 1 aromatic carbocycles. The lowest BCUT2D eigenvalue weighted by atomic mass is 9.39. The maximum absolute atomic E-state index is 12.9. The highest BCUT2D eigenvalue weighted by Gasteiger charge is 2.66. The third-order valence-corrected chi connectivity index (χ3v) is 14.3. The molecule has 0 amide bonds. The second kappa shape index (κ2) is 15.0. The molecule has 4 aromatic rings. The van der Waals surface area contributed by atoms with E-state index in [1.807, 2.05) is 49.1 Å². The van der Waals surface area contributed by atoms with Gasteiger partial charge in [-0.05, 0) is 106 Å². The lowest BCUT2D eigenvalue weighted by molar-refractivity contribution is -0.243. The second-order valence-corrected chi connectivity index (χ2v) is 19.4. The van der Waals surface area contributed by atoms with E-state index >= 15 is 0 Å². The summed E-state index contributed by atoms with van der Waals surface area (Å²) >= 11 is 1.57. The first-order valence-corrected chi connectivity index (χ1v) is 21.6. The van der Waals surface area contributed by atoms with Crippen LogP contribution in [0.5, 0.6) is 0 Å². The Morgan fingerprint density at radius 2 is 1.81 bits per heavy atom. The van der Waals surface area contributed by atoms with E-state index in [1.165, 1.54) is 12.6 Å². The fraction of sp³-hybridized carbons (Fsp3) is 0.545. The first-order valence-electron chi connectivity index (χ1n) is 20.8. The number of carboxylic acids is 1. The molecule has 5 fully saturated rings. The van der Waals surface area contributed by atoms with Crippen LogP contribution in [0.4, 0.5) is 22.6 Å². The van der Waals surface area contributed by atoms with Crippen molar-refractivity contribution in [3.8, 4) is 0 Å². The van der Waals surface area contributed by atoms with Crippen LogP contribution in [-0.2, 0) is 15.9 Å².